The molecule has 0 atom stereocenters. The van der Waals surface area contributed by atoms with Gasteiger partial charge in [0.05, 0.1) is 0 Å². The Bertz CT molecular complexity index is 3310. The van der Waals surface area contributed by atoms with Crippen LogP contribution in [-0.2, 0) is 21.1 Å². The zero-order valence-electron chi connectivity index (χ0n) is 45.2. The van der Waals surface area contributed by atoms with Gasteiger partial charge in [0, 0.05) is 60.3 Å². The van der Waals surface area contributed by atoms with Crippen LogP contribution in [0.4, 0.5) is 0 Å². The van der Waals surface area contributed by atoms with Crippen molar-refractivity contribution in [3.63, 3.8) is 0 Å². The normalized spacial score (nSPS) is 12.4. The average molecular weight is 857 g/mol. The van der Waals surface area contributed by atoms with E-state index in [0.717, 1.165) is 33.6 Å². The van der Waals surface area contributed by atoms with Crippen LogP contribution in [-0.4, -0.2) is 0 Å². The van der Waals surface area contributed by atoms with E-state index in [0.29, 0.717) is 11.1 Å². The van der Waals surface area contributed by atoms with Crippen LogP contribution in [0.5, 0.6) is 0 Å². The molecule has 0 saturated carbocycles. The summed E-state index contributed by atoms with van der Waals surface area (Å²) in [7, 11) is 5.88. The zero-order chi connectivity index (χ0) is 51.2. The van der Waals surface area contributed by atoms with Crippen LogP contribution in [0, 0.1) is 55.2 Å². The number of aromatic nitrogens is 3. The van der Waals surface area contributed by atoms with Crippen molar-refractivity contribution in [1.29, 1.82) is 0 Å². The van der Waals surface area contributed by atoms with E-state index < -0.39 is 13.7 Å². The van der Waals surface area contributed by atoms with E-state index >= 15 is 0 Å². The Morgan fingerprint density at radius 3 is 1.29 bits per heavy atom. The highest BCUT2D eigenvalue weighted by Gasteiger charge is 2.17. The van der Waals surface area contributed by atoms with Crippen LogP contribution in [0.3, 0.4) is 0 Å². The highest BCUT2D eigenvalue weighted by atomic mass is 14.9. The smallest absolute Gasteiger partial charge is 0.201 e. The van der Waals surface area contributed by atoms with Crippen LogP contribution in [0.25, 0.3) is 67.2 Å². The Balaban J connectivity index is 0.000000157. The maximum absolute atomic E-state index is 7.67. The lowest BCUT2D eigenvalue weighted by atomic mass is 9.93. The molecule has 0 aliphatic rings. The van der Waals surface area contributed by atoms with Gasteiger partial charge in [-0.3, -0.25) is 0 Å². The number of benzene rings is 6. The third-order valence-corrected chi connectivity index (χ3v) is 12.1. The SMILES string of the molecule is Cc1cc(-c2cccc[n+]2C)c(C)cc1-c1ccccc1.[2H]C([2H])([2H])c1c[n+](C)c(-c2ccc(-c3ccccc3)cc2C)cc1C.[2H]C([2H])([2H])c1ccc(-c2cc(C)c(-c3ccccc3)cc2C)[n+](C)c1. The molecule has 3 heterocycles. The number of aryl methyl sites for hydroxylation is 11. The second-order valence-electron chi connectivity index (χ2n) is 17.1. The Morgan fingerprint density at radius 2 is 0.785 bits per heavy atom. The molecule has 0 N–H and O–H groups in total. The third-order valence-electron chi connectivity index (χ3n) is 12.1. The van der Waals surface area contributed by atoms with Crippen molar-refractivity contribution < 1.29 is 21.9 Å². The maximum Gasteiger partial charge on any atom is 0.212 e. The van der Waals surface area contributed by atoms with Gasteiger partial charge in [-0.25, -0.2) is 13.7 Å². The summed E-state index contributed by atoms with van der Waals surface area (Å²) in [5.74, 6) is 0. The van der Waals surface area contributed by atoms with Crippen LogP contribution in [0.1, 0.15) is 52.7 Å². The Kier molecular flexibility index (Phi) is 12.1. The van der Waals surface area contributed by atoms with Gasteiger partial charge in [-0.15, -0.1) is 0 Å². The highest BCUT2D eigenvalue weighted by molar-refractivity contribution is 5.76. The molecule has 9 rings (SSSR count). The molecule has 0 amide bonds. The average Bonchev–Trinajstić information content (AvgIpc) is 3.34. The molecule has 324 valence electrons. The number of rotatable bonds is 6. The summed E-state index contributed by atoms with van der Waals surface area (Å²) >= 11 is 0. The molecular formula is C62H64N3+3. The Morgan fingerprint density at radius 1 is 0.308 bits per heavy atom. The quantitative estimate of drug-likeness (QED) is 0.148. The summed E-state index contributed by atoms with van der Waals surface area (Å²) in [6, 6.07) is 58.5. The van der Waals surface area contributed by atoms with E-state index in [1.807, 2.05) is 78.7 Å². The number of hydrogen-bond acceptors (Lipinski definition) is 0. The van der Waals surface area contributed by atoms with Gasteiger partial charge in [0.15, 0.2) is 18.6 Å². The molecule has 3 nitrogen and oxygen atoms in total. The lowest BCUT2D eigenvalue weighted by molar-refractivity contribution is -0.660. The fourth-order valence-electron chi connectivity index (χ4n) is 8.51. The Labute approximate surface area is 397 Å². The van der Waals surface area contributed by atoms with E-state index in [9.17, 15) is 0 Å². The molecule has 9 aromatic rings. The van der Waals surface area contributed by atoms with E-state index in [1.165, 1.54) is 66.9 Å². The second kappa shape index (κ2) is 20.5. The number of pyridine rings is 3. The van der Waals surface area contributed by atoms with Crippen LogP contribution >= 0.6 is 0 Å². The van der Waals surface area contributed by atoms with Crippen LogP contribution in [0.2, 0.25) is 0 Å². The first-order valence-corrected chi connectivity index (χ1v) is 22.2. The minimum atomic E-state index is -2.09. The minimum absolute atomic E-state index is 0.356. The van der Waals surface area contributed by atoms with Gasteiger partial charge < -0.3 is 0 Å². The fraction of sp³-hybridized carbons (Fsp3) is 0.177. The summed E-state index contributed by atoms with van der Waals surface area (Å²) in [6.45, 7) is 8.36. The van der Waals surface area contributed by atoms with Gasteiger partial charge in [-0.1, -0.05) is 115 Å². The van der Waals surface area contributed by atoms with Gasteiger partial charge in [0.2, 0.25) is 17.1 Å². The molecule has 3 aromatic heterocycles. The predicted octanol–water partition coefficient (Wildman–Crippen LogP) is 14.0. The maximum atomic E-state index is 7.67. The van der Waals surface area contributed by atoms with Gasteiger partial charge in [0.1, 0.15) is 21.1 Å². The molecule has 0 aliphatic heterocycles. The lowest BCUT2D eigenvalue weighted by Crippen LogP contribution is -2.31. The van der Waals surface area contributed by atoms with E-state index in [2.05, 4.69) is 168 Å². The van der Waals surface area contributed by atoms with Crippen molar-refractivity contribution in [3.05, 3.63) is 233 Å². The standard InChI is InChI=1S/2C21H22N.C20H20N/c1-15-13-21(22(4)14-17(15)3)20-11-10-19(12-16(20)2)18-8-6-5-7-9-18;1-15-10-11-21(22(4)14-15)20-13-16(2)19(12-17(20)3)18-8-6-5-7-9-18;1-15-14-19(20-11-7-8-12-21(20)3)16(2)13-18(15)17-9-5-4-6-10-17/h2*5-14H,1-4H3;4-14H,1-3H3/q3*+1/i3D3;1D3;. The van der Waals surface area contributed by atoms with Crippen molar-refractivity contribution in [1.82, 2.24) is 0 Å². The van der Waals surface area contributed by atoms with Crippen molar-refractivity contribution >= 4 is 0 Å². The van der Waals surface area contributed by atoms with Crippen LogP contribution in [0.15, 0.2) is 188 Å². The minimum Gasteiger partial charge on any atom is -0.201 e. The second-order valence-corrected chi connectivity index (χ2v) is 17.1. The topological polar surface area (TPSA) is 11.6 Å². The third kappa shape index (κ3) is 10.8. The zero-order valence-corrected chi connectivity index (χ0v) is 39.2. The Hall–Kier alpha value is -7.23. The van der Waals surface area contributed by atoms with Gasteiger partial charge in [-0.05, 0) is 152 Å². The number of nitrogens with zero attached hydrogens (tertiary/aromatic N) is 3. The summed E-state index contributed by atoms with van der Waals surface area (Å²) in [4.78, 5) is 0. The number of hydrogen-bond donors (Lipinski definition) is 0. The molecule has 6 aromatic carbocycles. The highest BCUT2D eigenvalue weighted by Crippen LogP contribution is 2.32. The molecule has 0 saturated heterocycles. The van der Waals surface area contributed by atoms with Crippen molar-refractivity contribution in [2.45, 2.75) is 55.2 Å². The van der Waals surface area contributed by atoms with E-state index in [-0.39, 0.29) is 0 Å². The van der Waals surface area contributed by atoms with Gasteiger partial charge >= 0.3 is 0 Å². The lowest BCUT2D eigenvalue weighted by Gasteiger charge is -2.12. The summed E-state index contributed by atoms with van der Waals surface area (Å²) < 4.78 is 51.7. The molecule has 65 heavy (non-hydrogen) atoms. The molecular weight excluding hydrogens is 787 g/mol. The van der Waals surface area contributed by atoms with Crippen molar-refractivity contribution in [2.75, 3.05) is 0 Å². The van der Waals surface area contributed by atoms with E-state index in [1.54, 1.807) is 18.5 Å². The first-order valence-electron chi connectivity index (χ1n) is 25.2. The largest absolute Gasteiger partial charge is 0.212 e. The van der Waals surface area contributed by atoms with Crippen LogP contribution < -0.4 is 13.7 Å². The summed E-state index contributed by atoms with van der Waals surface area (Å²) in [6.07, 6.45) is 5.51. The molecule has 0 spiro atoms. The first kappa shape index (κ1) is 38.2. The van der Waals surface area contributed by atoms with Gasteiger partial charge in [-0.2, -0.15) is 0 Å². The first-order chi connectivity index (χ1) is 33.7. The summed E-state index contributed by atoms with van der Waals surface area (Å²) in [5.41, 5.74) is 21.9. The van der Waals surface area contributed by atoms with Crippen molar-refractivity contribution in [2.24, 2.45) is 21.1 Å². The molecule has 0 radical (unpaired) electrons. The predicted molar refractivity (Wildman–Crippen MR) is 273 cm³/mol. The molecule has 0 unspecified atom stereocenters. The van der Waals surface area contributed by atoms with Crippen molar-refractivity contribution in [3.8, 4) is 67.2 Å². The molecule has 0 fully saturated rings. The van der Waals surface area contributed by atoms with E-state index in [4.69, 9.17) is 8.22 Å². The molecule has 0 bridgehead atoms. The summed E-state index contributed by atoms with van der Waals surface area (Å²) in [5, 5.41) is 0. The fourth-order valence-corrected chi connectivity index (χ4v) is 8.51. The monoisotopic (exact) mass is 857 g/mol. The van der Waals surface area contributed by atoms with Gasteiger partial charge in [0.25, 0.3) is 0 Å². The molecule has 3 heteroatoms. The molecule has 0 aliphatic carbocycles.